The molecule has 0 fully saturated rings. The minimum absolute atomic E-state index is 0. The minimum Gasteiger partial charge on any atom is -0.465 e. The van der Waals surface area contributed by atoms with Gasteiger partial charge >= 0.3 is 5.97 Å². The summed E-state index contributed by atoms with van der Waals surface area (Å²) < 4.78 is 32.5. The van der Waals surface area contributed by atoms with Crippen molar-refractivity contribution in [3.63, 3.8) is 0 Å². The van der Waals surface area contributed by atoms with Crippen molar-refractivity contribution < 1.29 is 17.9 Å². The Labute approximate surface area is 170 Å². The minimum atomic E-state index is -3.88. The smallest absolute Gasteiger partial charge is 0.349 e. The standard InChI is InChI=1S/C18H24N2O4S2.ClH/c1-11(2)13-5-7-14(8-6-13)15(19)9-20-26(22,23)17-12(3)10-25-16(17)18(21)24-4;/h5-8,10-11,15,20H,9,19H2,1-4H3;1H. The van der Waals surface area contributed by atoms with Crippen LogP contribution in [0.4, 0.5) is 0 Å². The fourth-order valence-corrected chi connectivity index (χ4v) is 5.28. The topological polar surface area (TPSA) is 98.5 Å². The molecule has 6 nitrogen and oxygen atoms in total. The average molecular weight is 433 g/mol. The highest BCUT2D eigenvalue weighted by Crippen LogP contribution is 2.27. The molecule has 0 saturated carbocycles. The number of benzene rings is 1. The second-order valence-electron chi connectivity index (χ2n) is 6.35. The number of halogens is 1. The fraction of sp³-hybridized carbons (Fsp3) is 0.389. The van der Waals surface area contributed by atoms with E-state index >= 15 is 0 Å². The molecule has 0 aliphatic rings. The number of carbonyl (C=O) groups excluding carboxylic acids is 1. The lowest BCUT2D eigenvalue weighted by molar-refractivity contribution is 0.0602. The van der Waals surface area contributed by atoms with Gasteiger partial charge in [-0.1, -0.05) is 38.1 Å². The van der Waals surface area contributed by atoms with Crippen LogP contribution in [0, 0.1) is 6.92 Å². The van der Waals surface area contributed by atoms with Gasteiger partial charge < -0.3 is 10.5 Å². The van der Waals surface area contributed by atoms with Gasteiger partial charge in [-0.15, -0.1) is 23.7 Å². The Morgan fingerprint density at radius 1 is 1.22 bits per heavy atom. The summed E-state index contributed by atoms with van der Waals surface area (Å²) in [6.45, 7) is 5.87. The maximum absolute atomic E-state index is 12.7. The summed E-state index contributed by atoms with van der Waals surface area (Å²) in [7, 11) is -2.66. The van der Waals surface area contributed by atoms with Gasteiger partial charge in [0.25, 0.3) is 0 Å². The van der Waals surface area contributed by atoms with Crippen molar-refractivity contribution in [1.29, 1.82) is 0 Å². The van der Waals surface area contributed by atoms with Crippen molar-refractivity contribution in [2.24, 2.45) is 5.73 Å². The second-order valence-corrected chi connectivity index (χ2v) is 8.93. The number of ether oxygens (including phenoxy) is 1. The van der Waals surface area contributed by atoms with E-state index in [0.717, 1.165) is 16.9 Å². The molecule has 27 heavy (non-hydrogen) atoms. The number of methoxy groups -OCH3 is 1. The van der Waals surface area contributed by atoms with Crippen LogP contribution in [0.3, 0.4) is 0 Å². The van der Waals surface area contributed by atoms with Gasteiger partial charge in [0.2, 0.25) is 10.0 Å². The number of esters is 1. The van der Waals surface area contributed by atoms with E-state index in [-0.39, 0.29) is 28.7 Å². The number of aryl methyl sites for hydroxylation is 1. The van der Waals surface area contributed by atoms with Gasteiger partial charge in [-0.3, -0.25) is 0 Å². The lowest BCUT2D eigenvalue weighted by Gasteiger charge is -2.15. The third-order valence-electron chi connectivity index (χ3n) is 4.08. The predicted octanol–water partition coefficient (Wildman–Crippen LogP) is 3.37. The molecule has 1 aromatic heterocycles. The number of sulfonamides is 1. The van der Waals surface area contributed by atoms with E-state index in [4.69, 9.17) is 5.73 Å². The van der Waals surface area contributed by atoms with Crippen molar-refractivity contribution in [3.05, 3.63) is 51.2 Å². The predicted molar refractivity (Wildman–Crippen MR) is 110 cm³/mol. The third kappa shape index (κ3) is 5.52. The normalized spacial score (nSPS) is 12.5. The Hall–Kier alpha value is -1.45. The molecule has 0 amide bonds. The summed E-state index contributed by atoms with van der Waals surface area (Å²) in [5, 5.41) is 1.62. The maximum Gasteiger partial charge on any atom is 0.349 e. The van der Waals surface area contributed by atoms with Gasteiger partial charge in [0.1, 0.15) is 9.77 Å². The van der Waals surface area contributed by atoms with Crippen molar-refractivity contribution in [3.8, 4) is 0 Å². The molecule has 2 aromatic rings. The van der Waals surface area contributed by atoms with E-state index in [1.54, 1.807) is 12.3 Å². The molecule has 1 unspecified atom stereocenters. The quantitative estimate of drug-likeness (QED) is 0.653. The van der Waals surface area contributed by atoms with Crippen molar-refractivity contribution >= 4 is 39.7 Å². The van der Waals surface area contributed by atoms with Gasteiger partial charge in [-0.05, 0) is 34.9 Å². The van der Waals surface area contributed by atoms with E-state index in [9.17, 15) is 13.2 Å². The maximum atomic E-state index is 12.7. The Morgan fingerprint density at radius 2 is 1.78 bits per heavy atom. The lowest BCUT2D eigenvalue weighted by atomic mass is 9.99. The average Bonchev–Trinajstić information content (AvgIpc) is 3.01. The molecule has 150 valence electrons. The first-order valence-corrected chi connectivity index (χ1v) is 10.5. The molecule has 1 aromatic carbocycles. The van der Waals surface area contributed by atoms with Gasteiger partial charge in [0.05, 0.1) is 7.11 Å². The first-order valence-electron chi connectivity index (χ1n) is 8.19. The molecular weight excluding hydrogens is 408 g/mol. The molecule has 3 N–H and O–H groups in total. The summed E-state index contributed by atoms with van der Waals surface area (Å²) in [6, 6.07) is 7.31. The number of hydrogen-bond donors (Lipinski definition) is 2. The Kier molecular flexibility index (Phi) is 8.44. The van der Waals surface area contributed by atoms with Gasteiger partial charge in [0.15, 0.2) is 0 Å². The van der Waals surface area contributed by atoms with Crippen molar-refractivity contribution in [1.82, 2.24) is 4.72 Å². The zero-order valence-electron chi connectivity index (χ0n) is 15.7. The molecule has 0 bridgehead atoms. The molecule has 0 spiro atoms. The van der Waals surface area contributed by atoms with Crippen LogP contribution in [0.25, 0.3) is 0 Å². The Morgan fingerprint density at radius 3 is 2.30 bits per heavy atom. The molecule has 1 heterocycles. The van der Waals surface area contributed by atoms with Gasteiger partial charge in [-0.25, -0.2) is 17.9 Å². The number of carbonyl (C=O) groups is 1. The third-order valence-corrected chi connectivity index (χ3v) is 6.90. The van der Waals surface area contributed by atoms with Crippen LogP contribution in [0.15, 0.2) is 34.5 Å². The van der Waals surface area contributed by atoms with Crippen molar-refractivity contribution in [2.45, 2.75) is 37.6 Å². The molecule has 0 saturated heterocycles. The highest BCUT2D eigenvalue weighted by Gasteiger charge is 2.27. The Bertz CT molecular complexity index is 877. The van der Waals surface area contributed by atoms with Crippen LogP contribution in [-0.2, 0) is 14.8 Å². The van der Waals surface area contributed by atoms with E-state index < -0.39 is 22.0 Å². The van der Waals surface area contributed by atoms with E-state index in [1.165, 1.54) is 12.7 Å². The number of rotatable bonds is 7. The van der Waals surface area contributed by atoms with Gasteiger partial charge in [0, 0.05) is 12.6 Å². The summed E-state index contributed by atoms with van der Waals surface area (Å²) in [5.74, 6) is -0.255. The number of thiophene rings is 1. The van der Waals surface area contributed by atoms with Crippen LogP contribution in [0.5, 0.6) is 0 Å². The number of nitrogens with two attached hydrogens (primary N) is 1. The zero-order valence-corrected chi connectivity index (χ0v) is 18.1. The summed E-state index contributed by atoms with van der Waals surface area (Å²) in [6.07, 6.45) is 0. The molecule has 0 aliphatic carbocycles. The van der Waals surface area contributed by atoms with Crippen LogP contribution in [0.2, 0.25) is 0 Å². The van der Waals surface area contributed by atoms with Crippen molar-refractivity contribution in [2.75, 3.05) is 13.7 Å². The fourth-order valence-electron chi connectivity index (χ4n) is 2.52. The number of nitrogens with one attached hydrogen (secondary N) is 1. The monoisotopic (exact) mass is 432 g/mol. The van der Waals surface area contributed by atoms with Crippen LogP contribution >= 0.6 is 23.7 Å². The first kappa shape index (κ1) is 23.6. The van der Waals surface area contributed by atoms with Crippen LogP contribution in [-0.4, -0.2) is 28.0 Å². The summed E-state index contributed by atoms with van der Waals surface area (Å²) >= 11 is 1.05. The molecular formula is C18H25ClN2O4S2. The molecule has 0 aliphatic heterocycles. The zero-order chi connectivity index (χ0) is 19.5. The van der Waals surface area contributed by atoms with E-state index in [2.05, 4.69) is 23.3 Å². The first-order chi connectivity index (χ1) is 12.2. The highest BCUT2D eigenvalue weighted by molar-refractivity contribution is 7.89. The summed E-state index contributed by atoms with van der Waals surface area (Å²) in [4.78, 5) is 11.8. The second kappa shape index (κ2) is 9.66. The molecule has 2 rings (SSSR count). The van der Waals surface area contributed by atoms with E-state index in [0.29, 0.717) is 11.5 Å². The Balaban J connectivity index is 0.00000364. The highest BCUT2D eigenvalue weighted by atomic mass is 35.5. The summed E-state index contributed by atoms with van der Waals surface area (Å²) in [5.41, 5.74) is 8.66. The molecule has 1 atom stereocenters. The molecule has 0 radical (unpaired) electrons. The van der Waals surface area contributed by atoms with Crippen LogP contribution < -0.4 is 10.5 Å². The molecule has 9 heteroatoms. The van der Waals surface area contributed by atoms with Gasteiger partial charge in [-0.2, -0.15) is 0 Å². The number of hydrogen-bond acceptors (Lipinski definition) is 6. The SMILES string of the molecule is COC(=O)c1scc(C)c1S(=O)(=O)NCC(N)c1ccc(C(C)C)cc1.Cl. The largest absolute Gasteiger partial charge is 0.465 e. The lowest BCUT2D eigenvalue weighted by Crippen LogP contribution is -2.32. The van der Waals surface area contributed by atoms with Crippen LogP contribution in [0.1, 0.15) is 52.2 Å². The van der Waals surface area contributed by atoms with E-state index in [1.807, 2.05) is 24.3 Å².